The lowest BCUT2D eigenvalue weighted by molar-refractivity contribution is -0.124. The van der Waals surface area contributed by atoms with Crippen LogP contribution in [0.2, 0.25) is 0 Å². The van der Waals surface area contributed by atoms with Gasteiger partial charge in [0, 0.05) is 18.0 Å². The van der Waals surface area contributed by atoms with Crippen molar-refractivity contribution in [3.8, 4) is 0 Å². The summed E-state index contributed by atoms with van der Waals surface area (Å²) in [5.41, 5.74) is 0.879. The number of carbonyl (C=O) groups excluding carboxylic acids is 2. The first-order valence-corrected chi connectivity index (χ1v) is 7.64. The summed E-state index contributed by atoms with van der Waals surface area (Å²) in [6.07, 6.45) is 1.82. The fourth-order valence-corrected chi connectivity index (χ4v) is 2.43. The van der Waals surface area contributed by atoms with E-state index in [1.165, 1.54) is 23.5 Å². The van der Waals surface area contributed by atoms with Gasteiger partial charge < -0.3 is 10.6 Å². The number of thiazole rings is 1. The molecule has 2 N–H and O–H groups in total. The normalized spacial score (nSPS) is 11.7. The van der Waals surface area contributed by atoms with E-state index in [2.05, 4.69) is 15.6 Å². The number of rotatable bonds is 6. The minimum Gasteiger partial charge on any atom is -0.347 e. The highest BCUT2D eigenvalue weighted by molar-refractivity contribution is 7.13. The van der Waals surface area contributed by atoms with E-state index >= 15 is 0 Å². The molecule has 0 radical (unpaired) electrons. The van der Waals surface area contributed by atoms with Gasteiger partial charge in [0.1, 0.15) is 5.82 Å². The number of amides is 2. The van der Waals surface area contributed by atoms with E-state index in [-0.39, 0.29) is 36.5 Å². The van der Waals surface area contributed by atoms with Gasteiger partial charge in [-0.25, -0.2) is 9.37 Å². The van der Waals surface area contributed by atoms with Crippen LogP contribution in [0.15, 0.2) is 35.8 Å². The predicted octanol–water partition coefficient (Wildman–Crippen LogP) is 2.53. The van der Waals surface area contributed by atoms with Crippen LogP contribution in [0.1, 0.15) is 24.8 Å². The third-order valence-electron chi connectivity index (χ3n) is 3.06. The Hall–Kier alpha value is -2.28. The zero-order chi connectivity index (χ0) is 15.9. The maximum absolute atomic E-state index is 12.8. The molecule has 0 aliphatic heterocycles. The van der Waals surface area contributed by atoms with Gasteiger partial charge in [0.2, 0.25) is 11.8 Å². The number of nitrogens with zero attached hydrogens (tertiary/aromatic N) is 1. The third kappa shape index (κ3) is 4.92. The van der Waals surface area contributed by atoms with Crippen LogP contribution in [-0.2, 0) is 9.59 Å². The van der Waals surface area contributed by atoms with Gasteiger partial charge >= 0.3 is 0 Å². The molecular formula is C15H16FN3O2S. The number of aromatic nitrogens is 1. The van der Waals surface area contributed by atoms with Crippen molar-refractivity contribution in [1.29, 1.82) is 0 Å². The van der Waals surface area contributed by atoms with Crippen molar-refractivity contribution < 1.29 is 14.0 Å². The summed E-state index contributed by atoms with van der Waals surface area (Å²) in [5.74, 6) is -0.911. The Labute approximate surface area is 131 Å². The van der Waals surface area contributed by atoms with E-state index in [4.69, 9.17) is 0 Å². The smallest absolute Gasteiger partial charge is 0.245 e. The molecular weight excluding hydrogens is 305 g/mol. The molecule has 1 aromatic heterocycles. The van der Waals surface area contributed by atoms with E-state index in [9.17, 15) is 14.0 Å². The monoisotopic (exact) mass is 321 g/mol. The molecule has 1 heterocycles. The van der Waals surface area contributed by atoms with Gasteiger partial charge in [0.25, 0.3) is 0 Å². The molecule has 0 aliphatic rings. The summed E-state index contributed by atoms with van der Waals surface area (Å²) in [4.78, 5) is 27.4. The Kier molecular flexibility index (Phi) is 5.60. The van der Waals surface area contributed by atoms with Crippen molar-refractivity contribution in [3.63, 3.8) is 0 Å². The molecule has 0 aliphatic carbocycles. The first-order chi connectivity index (χ1) is 10.5. The van der Waals surface area contributed by atoms with Crippen molar-refractivity contribution in [2.75, 3.05) is 11.9 Å². The average molecular weight is 321 g/mol. The molecule has 0 bridgehead atoms. The second kappa shape index (κ2) is 7.65. The molecule has 2 rings (SSSR count). The quantitative estimate of drug-likeness (QED) is 0.859. The molecule has 2 amide bonds. The summed E-state index contributed by atoms with van der Waals surface area (Å²) < 4.78 is 12.8. The molecule has 0 saturated carbocycles. The van der Waals surface area contributed by atoms with E-state index in [1.807, 2.05) is 6.92 Å². The molecule has 116 valence electrons. The second-order valence-corrected chi connectivity index (χ2v) is 5.71. The fourth-order valence-electron chi connectivity index (χ4n) is 1.89. The van der Waals surface area contributed by atoms with Crippen LogP contribution < -0.4 is 10.6 Å². The average Bonchev–Trinajstić information content (AvgIpc) is 2.98. The molecule has 1 aromatic carbocycles. The highest BCUT2D eigenvalue weighted by atomic mass is 32.1. The van der Waals surface area contributed by atoms with E-state index in [0.717, 1.165) is 5.56 Å². The van der Waals surface area contributed by atoms with Gasteiger partial charge in [-0.3, -0.25) is 9.59 Å². The lowest BCUT2D eigenvalue weighted by atomic mass is 9.97. The van der Waals surface area contributed by atoms with Gasteiger partial charge in [0.15, 0.2) is 5.13 Å². The topological polar surface area (TPSA) is 71.1 Å². The van der Waals surface area contributed by atoms with Crippen molar-refractivity contribution >= 4 is 28.3 Å². The number of anilines is 1. The highest BCUT2D eigenvalue weighted by Gasteiger charge is 2.12. The zero-order valence-electron chi connectivity index (χ0n) is 12.0. The number of nitrogens with one attached hydrogen (secondary N) is 2. The standard InChI is InChI=1S/C15H16FN3O2S/c1-10(11-2-4-12(16)5-3-11)8-13(20)18-9-14(21)19-15-17-6-7-22-15/h2-7,10H,8-9H2,1H3,(H,18,20)(H,17,19,21)/t10-/m0/s1. The molecule has 0 unspecified atom stereocenters. The Morgan fingerprint density at radius 3 is 2.64 bits per heavy atom. The van der Waals surface area contributed by atoms with Crippen molar-refractivity contribution in [2.24, 2.45) is 0 Å². The molecule has 0 fully saturated rings. The first kappa shape index (κ1) is 16.1. The summed E-state index contributed by atoms with van der Waals surface area (Å²) >= 11 is 1.31. The Morgan fingerprint density at radius 1 is 1.27 bits per heavy atom. The van der Waals surface area contributed by atoms with Crippen LogP contribution >= 0.6 is 11.3 Å². The molecule has 1 atom stereocenters. The zero-order valence-corrected chi connectivity index (χ0v) is 12.8. The minimum absolute atomic E-state index is 0.0531. The largest absolute Gasteiger partial charge is 0.347 e. The summed E-state index contributed by atoms with van der Waals surface area (Å²) in [7, 11) is 0. The minimum atomic E-state index is -0.322. The predicted molar refractivity (Wildman–Crippen MR) is 83.2 cm³/mol. The number of hydrogen-bond donors (Lipinski definition) is 2. The third-order valence-corrected chi connectivity index (χ3v) is 3.74. The maximum atomic E-state index is 12.8. The van der Waals surface area contributed by atoms with Gasteiger partial charge in [-0.1, -0.05) is 19.1 Å². The second-order valence-electron chi connectivity index (χ2n) is 4.82. The van der Waals surface area contributed by atoms with Gasteiger partial charge in [-0.2, -0.15) is 0 Å². The SMILES string of the molecule is C[C@@H](CC(=O)NCC(=O)Nc1nccs1)c1ccc(F)cc1. The van der Waals surface area contributed by atoms with Crippen LogP contribution in [0.5, 0.6) is 0 Å². The molecule has 0 spiro atoms. The first-order valence-electron chi connectivity index (χ1n) is 6.76. The number of benzene rings is 1. The Bertz CT molecular complexity index is 629. The number of carbonyl (C=O) groups is 2. The summed E-state index contributed by atoms with van der Waals surface area (Å²) in [6, 6.07) is 6.04. The maximum Gasteiger partial charge on any atom is 0.245 e. The van der Waals surface area contributed by atoms with Gasteiger partial charge in [-0.05, 0) is 23.6 Å². The Morgan fingerprint density at radius 2 is 2.00 bits per heavy atom. The molecule has 5 nitrogen and oxygen atoms in total. The highest BCUT2D eigenvalue weighted by Crippen LogP contribution is 2.19. The van der Waals surface area contributed by atoms with Crippen LogP contribution in [-0.4, -0.2) is 23.3 Å². The lowest BCUT2D eigenvalue weighted by Gasteiger charge is -2.12. The van der Waals surface area contributed by atoms with Crippen LogP contribution in [0.3, 0.4) is 0 Å². The van der Waals surface area contributed by atoms with E-state index in [1.54, 1.807) is 23.7 Å². The number of hydrogen-bond acceptors (Lipinski definition) is 4. The lowest BCUT2D eigenvalue weighted by Crippen LogP contribution is -2.33. The summed E-state index contributed by atoms with van der Waals surface area (Å²) in [5, 5.41) is 7.39. The Balaban J connectivity index is 1.75. The van der Waals surface area contributed by atoms with Crippen LogP contribution in [0.4, 0.5) is 9.52 Å². The van der Waals surface area contributed by atoms with E-state index in [0.29, 0.717) is 5.13 Å². The van der Waals surface area contributed by atoms with Gasteiger partial charge in [0.05, 0.1) is 6.54 Å². The van der Waals surface area contributed by atoms with Crippen molar-refractivity contribution in [1.82, 2.24) is 10.3 Å². The molecule has 2 aromatic rings. The van der Waals surface area contributed by atoms with Crippen molar-refractivity contribution in [3.05, 3.63) is 47.2 Å². The van der Waals surface area contributed by atoms with Crippen LogP contribution in [0.25, 0.3) is 0 Å². The van der Waals surface area contributed by atoms with Crippen molar-refractivity contribution in [2.45, 2.75) is 19.3 Å². The molecule has 7 heteroatoms. The molecule has 0 saturated heterocycles. The number of halogens is 1. The fraction of sp³-hybridized carbons (Fsp3) is 0.267. The van der Waals surface area contributed by atoms with Crippen LogP contribution in [0, 0.1) is 5.82 Å². The van der Waals surface area contributed by atoms with Gasteiger partial charge in [-0.15, -0.1) is 11.3 Å². The molecule has 22 heavy (non-hydrogen) atoms. The summed E-state index contributed by atoms with van der Waals surface area (Å²) in [6.45, 7) is 1.77. The van der Waals surface area contributed by atoms with E-state index < -0.39 is 0 Å².